The van der Waals surface area contributed by atoms with Crippen molar-refractivity contribution in [2.75, 3.05) is 0 Å². The van der Waals surface area contributed by atoms with Gasteiger partial charge in [-0.05, 0) is 50.3 Å². The van der Waals surface area contributed by atoms with Gasteiger partial charge in [0, 0.05) is 17.7 Å². The second-order valence-electron chi connectivity index (χ2n) is 10.4. The summed E-state index contributed by atoms with van der Waals surface area (Å²) in [5.41, 5.74) is -1.40. The van der Waals surface area contributed by atoms with E-state index in [0.29, 0.717) is 25.0 Å². The lowest BCUT2D eigenvalue weighted by Crippen LogP contribution is -2.79. The number of hydrogen-bond acceptors (Lipinski definition) is 6. The van der Waals surface area contributed by atoms with Crippen molar-refractivity contribution in [1.82, 2.24) is 20.3 Å². The molecule has 1 N–H and O–H groups in total. The van der Waals surface area contributed by atoms with Gasteiger partial charge in [0.25, 0.3) is 5.91 Å². The molecule has 14 heteroatoms. The van der Waals surface area contributed by atoms with E-state index >= 15 is 0 Å². The number of halogens is 6. The van der Waals surface area contributed by atoms with Crippen molar-refractivity contribution >= 4 is 11.7 Å². The number of nitrogens with one attached hydrogen (secondary N) is 1. The summed E-state index contributed by atoms with van der Waals surface area (Å²) in [5.74, 6) is -1.34. The van der Waals surface area contributed by atoms with Crippen LogP contribution in [0.15, 0.2) is 24.4 Å². The number of ketones is 1. The zero-order valence-corrected chi connectivity index (χ0v) is 19.0. The third kappa shape index (κ3) is 4.14. The fraction of sp³-hybridized carbons (Fsp3) is 0.565. The van der Waals surface area contributed by atoms with Crippen molar-refractivity contribution in [3.63, 3.8) is 0 Å². The summed E-state index contributed by atoms with van der Waals surface area (Å²) in [6, 6.07) is 2.58. The second kappa shape index (κ2) is 7.68. The first kappa shape index (κ1) is 24.2. The lowest BCUT2D eigenvalue weighted by Gasteiger charge is -2.69. The van der Waals surface area contributed by atoms with Gasteiger partial charge < -0.3 is 10.1 Å². The quantitative estimate of drug-likeness (QED) is 0.590. The number of nitrogens with zero attached hydrogens (tertiary/aromatic N) is 3. The Kier molecular flexibility index (Phi) is 5.02. The Balaban J connectivity index is 1.03. The van der Waals surface area contributed by atoms with E-state index in [0.717, 1.165) is 18.2 Å². The van der Waals surface area contributed by atoms with Gasteiger partial charge in [-0.15, -0.1) is 18.3 Å². The molecule has 37 heavy (non-hydrogen) atoms. The lowest BCUT2D eigenvalue weighted by atomic mass is 9.44. The molecule has 4 saturated carbocycles. The van der Waals surface area contributed by atoms with E-state index in [9.17, 15) is 35.9 Å². The molecular formula is C23H20F6N4O4. The first-order chi connectivity index (χ1) is 17.2. The molecule has 1 aromatic heterocycles. The lowest BCUT2D eigenvalue weighted by molar-refractivity contribution is -0.351. The summed E-state index contributed by atoms with van der Waals surface area (Å²) in [6.07, 6.45) is -7.81. The molecule has 8 nitrogen and oxygen atoms in total. The van der Waals surface area contributed by atoms with Crippen LogP contribution in [-0.2, 0) is 21.2 Å². The number of aromatic nitrogens is 3. The fourth-order valence-corrected chi connectivity index (χ4v) is 5.89. The number of alkyl halides is 6. The minimum Gasteiger partial charge on any atom is -0.479 e. The van der Waals surface area contributed by atoms with Crippen LogP contribution in [0.4, 0.5) is 26.3 Å². The van der Waals surface area contributed by atoms with Crippen molar-refractivity contribution in [2.45, 2.75) is 80.3 Å². The molecule has 0 radical (unpaired) electrons. The Bertz CT molecular complexity index is 1260. The fourth-order valence-electron chi connectivity index (χ4n) is 5.89. The van der Waals surface area contributed by atoms with Gasteiger partial charge in [-0.25, -0.2) is 4.68 Å². The Hall–Kier alpha value is -3.16. The second-order valence-corrected chi connectivity index (χ2v) is 10.4. The third-order valence-corrected chi connectivity index (χ3v) is 7.74. The molecule has 0 saturated heterocycles. The van der Waals surface area contributed by atoms with Crippen LogP contribution in [0.1, 0.15) is 66.1 Å². The maximum Gasteiger partial charge on any atom is 0.522 e. The normalized spacial score (nSPS) is 32.4. The first-order valence-electron chi connectivity index (χ1n) is 11.6. The Morgan fingerprint density at radius 3 is 2.49 bits per heavy atom. The number of Topliss-reactive ketones (excluding diaryl/α,β-unsaturated/α-hetero) is 1. The molecule has 2 bridgehead atoms. The summed E-state index contributed by atoms with van der Waals surface area (Å²) in [6.45, 7) is 0. The zero-order valence-electron chi connectivity index (χ0n) is 19.0. The number of hydrogen-bond donors (Lipinski definition) is 1. The van der Waals surface area contributed by atoms with Crippen molar-refractivity contribution < 1.29 is 45.4 Å². The van der Waals surface area contributed by atoms with Crippen LogP contribution in [0.25, 0.3) is 0 Å². The smallest absolute Gasteiger partial charge is 0.479 e. The number of carbonyl (C=O) groups is 2. The highest BCUT2D eigenvalue weighted by atomic mass is 19.4. The standard InChI is InChI=1S/C23H20F6N4O4/c24-22(25,26)12-1-2-17-14(5-12)16(34)6-18(36-17)19(35)30-20-8-21(9-20,10-20)33-7-15(31-32-33)11-3-13(4-11)37-23(27,28)29/h1-2,5,7,11,13,18H,3-4,6,8-10H2,(H,30,35)/t11?,13?,18-,20?,21?/m1/s1. The van der Waals surface area contributed by atoms with Gasteiger partial charge in [0.05, 0.1) is 34.9 Å². The van der Waals surface area contributed by atoms with Crippen molar-refractivity contribution in [2.24, 2.45) is 0 Å². The summed E-state index contributed by atoms with van der Waals surface area (Å²) < 4.78 is 87.0. The van der Waals surface area contributed by atoms with Crippen LogP contribution >= 0.6 is 0 Å². The average molecular weight is 530 g/mol. The Labute approximate surface area is 205 Å². The number of ether oxygens (including phenoxy) is 2. The Morgan fingerprint density at radius 2 is 1.84 bits per heavy atom. The van der Waals surface area contributed by atoms with Crippen molar-refractivity contribution in [3.05, 3.63) is 41.2 Å². The average Bonchev–Trinajstić information content (AvgIpc) is 3.19. The Morgan fingerprint density at radius 1 is 1.14 bits per heavy atom. The monoisotopic (exact) mass is 530 g/mol. The van der Waals surface area contributed by atoms with E-state index in [1.807, 2.05) is 0 Å². The van der Waals surface area contributed by atoms with Gasteiger partial charge in [-0.3, -0.25) is 14.3 Å². The predicted molar refractivity (Wildman–Crippen MR) is 110 cm³/mol. The summed E-state index contributed by atoms with van der Waals surface area (Å²) >= 11 is 0. The summed E-state index contributed by atoms with van der Waals surface area (Å²) in [7, 11) is 0. The third-order valence-electron chi connectivity index (χ3n) is 7.74. The molecule has 7 rings (SSSR count). The highest BCUT2D eigenvalue weighted by Crippen LogP contribution is 2.65. The van der Waals surface area contributed by atoms with E-state index < -0.39 is 47.5 Å². The van der Waals surface area contributed by atoms with E-state index in [-0.39, 0.29) is 42.0 Å². The van der Waals surface area contributed by atoms with E-state index in [1.54, 1.807) is 10.9 Å². The highest BCUT2D eigenvalue weighted by molar-refractivity contribution is 6.03. The van der Waals surface area contributed by atoms with Gasteiger partial charge in [-0.1, -0.05) is 5.21 Å². The molecule has 1 amide bonds. The van der Waals surface area contributed by atoms with Gasteiger partial charge in [0.15, 0.2) is 11.9 Å². The molecule has 1 atom stereocenters. The number of fused-ring (bicyclic) bond motifs is 1. The van der Waals surface area contributed by atoms with Gasteiger partial charge in [0.2, 0.25) is 0 Å². The zero-order chi connectivity index (χ0) is 26.4. The minimum absolute atomic E-state index is 0.0625. The molecule has 4 fully saturated rings. The molecule has 0 unspecified atom stereocenters. The van der Waals surface area contributed by atoms with E-state index in [2.05, 4.69) is 20.4 Å². The van der Waals surface area contributed by atoms with Crippen molar-refractivity contribution in [1.29, 1.82) is 0 Å². The van der Waals surface area contributed by atoms with Gasteiger partial charge in [0.1, 0.15) is 5.75 Å². The van der Waals surface area contributed by atoms with Crippen LogP contribution in [0, 0.1) is 0 Å². The molecule has 4 aliphatic carbocycles. The molecule has 5 aliphatic rings. The van der Waals surface area contributed by atoms with Gasteiger partial charge >= 0.3 is 12.5 Å². The molecule has 2 aromatic rings. The number of rotatable bonds is 5. The van der Waals surface area contributed by atoms with Crippen LogP contribution in [0.5, 0.6) is 5.75 Å². The SMILES string of the molecule is O=C1C[C@H](C(=O)NC23CC(n4cc(C5CC(OC(F)(F)F)C5)nn4)(C2)C3)Oc2ccc(C(F)(F)F)cc21. The number of benzene rings is 1. The highest BCUT2D eigenvalue weighted by Gasteiger charge is 2.70. The van der Waals surface area contributed by atoms with Crippen LogP contribution in [-0.4, -0.2) is 50.8 Å². The van der Waals surface area contributed by atoms with Crippen LogP contribution in [0.3, 0.4) is 0 Å². The first-order valence-corrected chi connectivity index (χ1v) is 11.6. The molecular weight excluding hydrogens is 510 g/mol. The van der Waals surface area contributed by atoms with Gasteiger partial charge in [-0.2, -0.15) is 13.2 Å². The van der Waals surface area contributed by atoms with E-state index in [1.165, 1.54) is 0 Å². The number of amides is 1. The maximum absolute atomic E-state index is 12.9. The van der Waals surface area contributed by atoms with E-state index in [4.69, 9.17) is 4.74 Å². The van der Waals surface area contributed by atoms with Crippen molar-refractivity contribution in [3.8, 4) is 5.75 Å². The predicted octanol–water partition coefficient (Wildman–Crippen LogP) is 3.86. The van der Waals surface area contributed by atoms with Crippen LogP contribution < -0.4 is 10.1 Å². The van der Waals surface area contributed by atoms with Crippen LogP contribution in [0.2, 0.25) is 0 Å². The molecule has 0 spiro atoms. The largest absolute Gasteiger partial charge is 0.522 e. The summed E-state index contributed by atoms with van der Waals surface area (Å²) in [5, 5.41) is 11.2. The summed E-state index contributed by atoms with van der Waals surface area (Å²) in [4.78, 5) is 25.3. The molecule has 1 aliphatic heterocycles. The minimum atomic E-state index is -4.66. The number of carbonyl (C=O) groups excluding carboxylic acids is 2. The maximum atomic E-state index is 12.9. The topological polar surface area (TPSA) is 95.3 Å². The molecule has 1 aromatic carbocycles. The molecule has 198 valence electrons. The molecule has 2 heterocycles.